The van der Waals surface area contributed by atoms with E-state index in [1.54, 1.807) is 0 Å². The molecule has 1 N–H and O–H groups in total. The lowest BCUT2D eigenvalue weighted by Crippen LogP contribution is -2.33. The van der Waals surface area contributed by atoms with Crippen LogP contribution < -0.4 is 5.19 Å². The Morgan fingerprint density at radius 1 is 0.688 bits per heavy atom. The van der Waals surface area contributed by atoms with Gasteiger partial charge in [0, 0.05) is 10.5 Å². The Morgan fingerprint density at radius 2 is 1.22 bits per heavy atom. The van der Waals surface area contributed by atoms with Crippen LogP contribution in [0.25, 0.3) is 0 Å². The average Bonchev–Trinajstić information content (AvgIpc) is 2.59. The highest BCUT2D eigenvalue weighted by Gasteiger charge is 2.28. The van der Waals surface area contributed by atoms with Crippen molar-refractivity contribution in [3.63, 3.8) is 0 Å². The predicted octanol–water partition coefficient (Wildman–Crippen LogP) is 7.66. The number of hydrogen-bond donors (Lipinski definition) is 1. The Labute approximate surface area is 204 Å². The summed E-state index contributed by atoms with van der Waals surface area (Å²) in [6.07, 6.45) is 0. The molecule has 176 valence electrons. The summed E-state index contributed by atoms with van der Waals surface area (Å²) >= 11 is 1.94. The highest BCUT2D eigenvalue weighted by Crippen LogP contribution is 2.41. The summed E-state index contributed by atoms with van der Waals surface area (Å²) in [6.45, 7) is 27.2. The molecule has 0 saturated heterocycles. The van der Waals surface area contributed by atoms with Gasteiger partial charge in [-0.1, -0.05) is 106 Å². The summed E-state index contributed by atoms with van der Waals surface area (Å²) in [5.74, 6) is 0.419. The molecule has 2 aromatic carbocycles. The predicted molar refractivity (Wildman–Crippen MR) is 145 cm³/mol. The SMILES string of the molecule is CC(C)(C)c1cc(SC[Si]c2cccc(C(C)(C)C)c2C(C)(C)C)c(C(C)(C)C)cc1O. The van der Waals surface area contributed by atoms with Gasteiger partial charge in [0.1, 0.15) is 5.75 Å². The molecule has 0 unspecified atom stereocenters. The first-order valence-electron chi connectivity index (χ1n) is 11.7. The maximum absolute atomic E-state index is 10.7. The van der Waals surface area contributed by atoms with Crippen molar-refractivity contribution >= 4 is 26.5 Å². The summed E-state index contributed by atoms with van der Waals surface area (Å²) in [7, 11) is 0.739. The Morgan fingerprint density at radius 3 is 1.69 bits per heavy atom. The van der Waals surface area contributed by atoms with Crippen LogP contribution in [0, 0.1) is 0 Å². The van der Waals surface area contributed by atoms with Crippen molar-refractivity contribution in [3.8, 4) is 5.75 Å². The molecule has 2 radical (unpaired) electrons. The molecular weight excluding hydrogens is 424 g/mol. The molecule has 0 bridgehead atoms. The van der Waals surface area contributed by atoms with E-state index in [0.29, 0.717) is 5.75 Å². The van der Waals surface area contributed by atoms with Crippen molar-refractivity contribution in [2.45, 2.75) is 110 Å². The average molecular weight is 469 g/mol. The second-order valence-electron chi connectivity index (χ2n) is 13.1. The molecule has 0 aliphatic carbocycles. The van der Waals surface area contributed by atoms with E-state index in [1.165, 1.54) is 26.8 Å². The van der Waals surface area contributed by atoms with Crippen LogP contribution in [0.15, 0.2) is 35.2 Å². The lowest BCUT2D eigenvalue weighted by Gasteiger charge is -2.32. The largest absolute Gasteiger partial charge is 0.508 e. The molecule has 1 nitrogen and oxygen atoms in total. The minimum Gasteiger partial charge on any atom is -0.508 e. The zero-order valence-corrected chi connectivity index (χ0v) is 24.3. The molecule has 0 atom stereocenters. The van der Waals surface area contributed by atoms with Crippen molar-refractivity contribution in [1.29, 1.82) is 0 Å². The van der Waals surface area contributed by atoms with E-state index in [2.05, 4.69) is 107 Å². The van der Waals surface area contributed by atoms with Crippen LogP contribution in [0.4, 0.5) is 0 Å². The first kappa shape index (κ1) is 27.1. The van der Waals surface area contributed by atoms with E-state index in [-0.39, 0.29) is 21.7 Å². The first-order chi connectivity index (χ1) is 14.3. The summed E-state index contributed by atoms with van der Waals surface area (Å²) in [5, 5.41) is 13.3. The lowest BCUT2D eigenvalue weighted by molar-refractivity contribution is 0.441. The van der Waals surface area contributed by atoms with Gasteiger partial charge in [-0.15, -0.1) is 11.8 Å². The van der Waals surface area contributed by atoms with Crippen LogP contribution >= 0.6 is 11.8 Å². The normalized spacial score (nSPS) is 13.5. The summed E-state index contributed by atoms with van der Waals surface area (Å²) in [4.78, 5) is 1.30. The molecule has 0 heterocycles. The molecule has 2 aromatic rings. The van der Waals surface area contributed by atoms with Gasteiger partial charge in [0.25, 0.3) is 0 Å². The van der Waals surface area contributed by atoms with E-state index in [9.17, 15) is 5.11 Å². The van der Waals surface area contributed by atoms with Crippen molar-refractivity contribution in [2.75, 3.05) is 5.38 Å². The number of rotatable bonds is 4. The Balaban J connectivity index is 2.43. The molecule has 0 fully saturated rings. The quantitative estimate of drug-likeness (QED) is 0.367. The van der Waals surface area contributed by atoms with Crippen LogP contribution in [-0.4, -0.2) is 20.0 Å². The van der Waals surface area contributed by atoms with Crippen molar-refractivity contribution in [3.05, 3.63) is 52.6 Å². The Bertz CT molecular complexity index is 947. The van der Waals surface area contributed by atoms with Crippen LogP contribution in [-0.2, 0) is 21.7 Å². The van der Waals surface area contributed by atoms with Gasteiger partial charge in [0.05, 0.1) is 9.52 Å². The molecule has 3 heteroatoms. The highest BCUT2D eigenvalue weighted by atomic mass is 32.2. The Kier molecular flexibility index (Phi) is 7.79. The molecule has 0 aromatic heterocycles. The number of benzene rings is 2. The second kappa shape index (κ2) is 9.22. The molecule has 0 aliphatic heterocycles. The van der Waals surface area contributed by atoms with Crippen molar-refractivity contribution in [2.24, 2.45) is 0 Å². The summed E-state index contributed by atoms with van der Waals surface area (Å²) in [6, 6.07) is 11.1. The fraction of sp³-hybridized carbons (Fsp3) is 0.586. The van der Waals surface area contributed by atoms with Gasteiger partial charge >= 0.3 is 0 Å². The van der Waals surface area contributed by atoms with E-state index in [0.717, 1.165) is 20.5 Å². The van der Waals surface area contributed by atoms with Crippen LogP contribution in [0.3, 0.4) is 0 Å². The van der Waals surface area contributed by atoms with E-state index in [4.69, 9.17) is 0 Å². The fourth-order valence-corrected chi connectivity index (χ4v) is 7.35. The van der Waals surface area contributed by atoms with Crippen LogP contribution in [0.2, 0.25) is 0 Å². The molecule has 0 spiro atoms. The van der Waals surface area contributed by atoms with Gasteiger partial charge in [-0.3, -0.25) is 0 Å². The van der Waals surface area contributed by atoms with Gasteiger partial charge in [0.2, 0.25) is 0 Å². The molecule has 32 heavy (non-hydrogen) atoms. The van der Waals surface area contributed by atoms with Crippen molar-refractivity contribution < 1.29 is 5.11 Å². The lowest BCUT2D eigenvalue weighted by atomic mass is 9.75. The number of thioether (sulfide) groups is 1. The monoisotopic (exact) mass is 468 g/mol. The van der Waals surface area contributed by atoms with Gasteiger partial charge in [0.15, 0.2) is 0 Å². The van der Waals surface area contributed by atoms with Gasteiger partial charge in [-0.2, -0.15) is 0 Å². The summed E-state index contributed by atoms with van der Waals surface area (Å²) < 4.78 is 0. The third-order valence-electron chi connectivity index (χ3n) is 5.83. The molecular formula is C29H44OSSi. The first-order valence-corrected chi connectivity index (χ1v) is 13.9. The van der Waals surface area contributed by atoms with Gasteiger partial charge in [-0.25, -0.2) is 0 Å². The minimum atomic E-state index is -0.0848. The summed E-state index contributed by atoms with van der Waals surface area (Å²) in [5.41, 5.74) is 5.40. The smallest absolute Gasteiger partial charge is 0.119 e. The molecule has 0 aliphatic rings. The number of aromatic hydroxyl groups is 1. The highest BCUT2D eigenvalue weighted by molar-refractivity contribution is 8.00. The maximum atomic E-state index is 10.7. The van der Waals surface area contributed by atoms with E-state index in [1.807, 2.05) is 17.8 Å². The third kappa shape index (κ3) is 6.44. The molecule has 0 amide bonds. The number of phenolic OH excluding ortho intramolecular Hbond substituents is 1. The van der Waals surface area contributed by atoms with E-state index >= 15 is 0 Å². The van der Waals surface area contributed by atoms with Gasteiger partial charge in [-0.05, 0) is 55.9 Å². The zero-order valence-electron chi connectivity index (χ0n) is 22.4. The standard InChI is InChI=1S/C29H44OSSi/c1-26(2,3)19-14-13-15-24(25(19)29(10,11)12)32-18-31-23-17-20(27(4,5)6)22(30)16-21(23)28(7,8)9/h13-17,30H,18H2,1-12H3. The van der Waals surface area contributed by atoms with Crippen LogP contribution in [0.1, 0.15) is 105 Å². The molecule has 0 saturated carbocycles. The van der Waals surface area contributed by atoms with Crippen LogP contribution in [0.5, 0.6) is 5.75 Å². The third-order valence-corrected chi connectivity index (χ3v) is 8.43. The van der Waals surface area contributed by atoms with Gasteiger partial charge < -0.3 is 5.11 Å². The minimum absolute atomic E-state index is 0.0118. The van der Waals surface area contributed by atoms with Crippen molar-refractivity contribution in [1.82, 2.24) is 0 Å². The molecule has 2 rings (SSSR count). The fourth-order valence-electron chi connectivity index (χ4n) is 4.20. The number of hydrogen-bond acceptors (Lipinski definition) is 2. The second-order valence-corrected chi connectivity index (χ2v) is 15.8. The van der Waals surface area contributed by atoms with E-state index < -0.39 is 0 Å². The zero-order chi connectivity index (χ0) is 24.7. The Hall–Kier alpha value is -1.19. The topological polar surface area (TPSA) is 20.2 Å². The maximum Gasteiger partial charge on any atom is 0.119 e. The number of phenols is 1.